The van der Waals surface area contributed by atoms with Crippen molar-refractivity contribution in [3.8, 4) is 5.75 Å². The van der Waals surface area contributed by atoms with Crippen LogP contribution in [0.2, 0.25) is 0 Å². The van der Waals surface area contributed by atoms with Crippen LogP contribution < -0.4 is 21.1 Å². The van der Waals surface area contributed by atoms with Crippen molar-refractivity contribution in [3.63, 3.8) is 0 Å². The predicted molar refractivity (Wildman–Crippen MR) is 72.9 cm³/mol. The molecule has 0 aliphatic carbocycles. The zero-order chi connectivity index (χ0) is 13.6. The van der Waals surface area contributed by atoms with E-state index in [1.807, 2.05) is 20.8 Å². The topological polar surface area (TPSA) is 76.4 Å². The molecule has 0 aliphatic rings. The second-order valence-corrected chi connectivity index (χ2v) is 4.99. The smallest absolute Gasteiger partial charge is 0.319 e. The fourth-order valence-electron chi connectivity index (χ4n) is 1.31. The third kappa shape index (κ3) is 5.54. The first kappa shape index (κ1) is 14.3. The van der Waals surface area contributed by atoms with Gasteiger partial charge < -0.3 is 21.1 Å². The van der Waals surface area contributed by atoms with Crippen molar-refractivity contribution in [3.05, 3.63) is 24.3 Å². The lowest BCUT2D eigenvalue weighted by Gasteiger charge is -2.20. The summed E-state index contributed by atoms with van der Waals surface area (Å²) in [5.74, 6) is 0.738. The first-order chi connectivity index (χ1) is 8.40. The highest BCUT2D eigenvalue weighted by Gasteiger charge is 2.13. The third-order valence-electron chi connectivity index (χ3n) is 1.99. The van der Waals surface area contributed by atoms with Crippen molar-refractivity contribution in [1.29, 1.82) is 0 Å². The molecule has 0 heterocycles. The van der Waals surface area contributed by atoms with E-state index in [4.69, 9.17) is 10.5 Å². The summed E-state index contributed by atoms with van der Waals surface area (Å²) in [4.78, 5) is 11.6. The summed E-state index contributed by atoms with van der Waals surface area (Å²) >= 11 is 0. The number of rotatable bonds is 4. The molecule has 0 saturated heterocycles. The molecular weight excluding hydrogens is 230 g/mol. The first-order valence-corrected chi connectivity index (χ1v) is 5.93. The number of carbonyl (C=O) groups is 1. The number of hydrogen-bond acceptors (Lipinski definition) is 3. The van der Waals surface area contributed by atoms with Gasteiger partial charge in [0.15, 0.2) is 0 Å². The molecule has 0 atom stereocenters. The van der Waals surface area contributed by atoms with Crippen LogP contribution in [0, 0.1) is 0 Å². The van der Waals surface area contributed by atoms with Gasteiger partial charge in [-0.25, -0.2) is 4.79 Å². The maximum absolute atomic E-state index is 11.6. The van der Waals surface area contributed by atoms with E-state index in [1.54, 1.807) is 24.3 Å². The van der Waals surface area contributed by atoms with Gasteiger partial charge in [0.2, 0.25) is 0 Å². The summed E-state index contributed by atoms with van der Waals surface area (Å²) < 4.78 is 5.34. The van der Waals surface area contributed by atoms with Crippen molar-refractivity contribution >= 4 is 11.7 Å². The van der Waals surface area contributed by atoms with Crippen LogP contribution in [-0.2, 0) is 0 Å². The monoisotopic (exact) mass is 251 g/mol. The van der Waals surface area contributed by atoms with E-state index >= 15 is 0 Å². The van der Waals surface area contributed by atoms with Gasteiger partial charge in [-0.3, -0.25) is 0 Å². The summed E-state index contributed by atoms with van der Waals surface area (Å²) in [6, 6.07) is 6.94. The van der Waals surface area contributed by atoms with Gasteiger partial charge in [0.1, 0.15) is 12.4 Å². The Bertz CT molecular complexity index is 382. The lowest BCUT2D eigenvalue weighted by molar-refractivity contribution is 0.244. The Balaban J connectivity index is 2.50. The molecule has 1 rings (SSSR count). The average molecular weight is 251 g/mol. The van der Waals surface area contributed by atoms with Gasteiger partial charge in [-0.1, -0.05) is 0 Å². The third-order valence-corrected chi connectivity index (χ3v) is 1.99. The summed E-state index contributed by atoms with van der Waals surface area (Å²) in [6.07, 6.45) is 0. The molecule has 5 nitrogen and oxygen atoms in total. The fraction of sp³-hybridized carbons (Fsp3) is 0.462. The van der Waals surface area contributed by atoms with Gasteiger partial charge in [-0.15, -0.1) is 0 Å². The minimum Gasteiger partial charge on any atom is -0.492 e. The van der Waals surface area contributed by atoms with Crippen molar-refractivity contribution in [1.82, 2.24) is 5.32 Å². The normalized spacial score (nSPS) is 10.9. The van der Waals surface area contributed by atoms with Crippen molar-refractivity contribution in [2.24, 2.45) is 5.73 Å². The molecule has 100 valence electrons. The van der Waals surface area contributed by atoms with Crippen LogP contribution >= 0.6 is 0 Å². The first-order valence-electron chi connectivity index (χ1n) is 5.93. The Kier molecular flexibility index (Phi) is 4.97. The van der Waals surface area contributed by atoms with E-state index in [1.165, 1.54) is 0 Å². The molecule has 0 spiro atoms. The van der Waals surface area contributed by atoms with Crippen LogP contribution in [0.4, 0.5) is 10.5 Å². The molecule has 2 amide bonds. The minimum absolute atomic E-state index is 0.224. The predicted octanol–water partition coefficient (Wildman–Crippen LogP) is 1.94. The summed E-state index contributed by atoms with van der Waals surface area (Å²) in [5.41, 5.74) is 5.80. The van der Waals surface area contributed by atoms with Crippen LogP contribution in [0.1, 0.15) is 20.8 Å². The van der Waals surface area contributed by atoms with Gasteiger partial charge in [0.25, 0.3) is 0 Å². The number of urea groups is 1. The minimum atomic E-state index is -0.256. The highest BCUT2D eigenvalue weighted by molar-refractivity contribution is 5.89. The van der Waals surface area contributed by atoms with Crippen LogP contribution in [-0.4, -0.2) is 24.7 Å². The Morgan fingerprint density at radius 3 is 2.39 bits per heavy atom. The Morgan fingerprint density at radius 2 is 1.89 bits per heavy atom. The molecule has 0 unspecified atom stereocenters. The number of hydrogen-bond donors (Lipinski definition) is 3. The van der Waals surface area contributed by atoms with Crippen LogP contribution in [0.25, 0.3) is 0 Å². The zero-order valence-corrected chi connectivity index (χ0v) is 11.1. The van der Waals surface area contributed by atoms with Crippen LogP contribution in [0.3, 0.4) is 0 Å². The van der Waals surface area contributed by atoms with Gasteiger partial charge in [0.05, 0.1) is 0 Å². The van der Waals surface area contributed by atoms with E-state index in [-0.39, 0.29) is 11.6 Å². The van der Waals surface area contributed by atoms with Crippen molar-refractivity contribution < 1.29 is 9.53 Å². The molecule has 5 heteroatoms. The Hall–Kier alpha value is -1.75. The quantitative estimate of drug-likeness (QED) is 0.765. The Labute approximate surface area is 108 Å². The maximum atomic E-state index is 11.6. The summed E-state index contributed by atoms with van der Waals surface area (Å²) in [6.45, 7) is 6.74. The summed E-state index contributed by atoms with van der Waals surface area (Å²) in [5, 5.41) is 5.57. The van der Waals surface area contributed by atoms with Crippen molar-refractivity contribution in [2.45, 2.75) is 26.3 Å². The van der Waals surface area contributed by atoms with E-state index in [0.717, 1.165) is 11.4 Å². The molecule has 18 heavy (non-hydrogen) atoms. The van der Waals surface area contributed by atoms with Gasteiger partial charge in [-0.2, -0.15) is 0 Å². The Morgan fingerprint density at radius 1 is 1.28 bits per heavy atom. The standard InChI is InChI=1S/C13H21N3O2/c1-13(2,3)16-12(17)15-10-4-6-11(7-5-10)18-9-8-14/h4-7H,8-9,14H2,1-3H3,(H2,15,16,17). The van der Waals surface area contributed by atoms with Crippen molar-refractivity contribution in [2.75, 3.05) is 18.5 Å². The molecule has 0 fully saturated rings. The molecule has 0 aromatic heterocycles. The highest BCUT2D eigenvalue weighted by Crippen LogP contribution is 2.15. The number of nitrogens with one attached hydrogen (secondary N) is 2. The average Bonchev–Trinajstić information content (AvgIpc) is 2.25. The molecule has 1 aromatic rings. The van der Waals surface area contributed by atoms with Crippen LogP contribution in [0.15, 0.2) is 24.3 Å². The second-order valence-electron chi connectivity index (χ2n) is 4.99. The number of nitrogens with two attached hydrogens (primary N) is 1. The number of amides is 2. The van der Waals surface area contributed by atoms with Crippen LogP contribution in [0.5, 0.6) is 5.75 Å². The number of anilines is 1. The fourth-order valence-corrected chi connectivity index (χ4v) is 1.31. The van der Waals surface area contributed by atoms with E-state index < -0.39 is 0 Å². The van der Waals surface area contributed by atoms with E-state index in [9.17, 15) is 4.79 Å². The molecule has 0 aliphatic heterocycles. The molecule has 0 radical (unpaired) electrons. The number of carbonyl (C=O) groups excluding carboxylic acids is 1. The molecular formula is C13H21N3O2. The molecule has 1 aromatic carbocycles. The van der Waals surface area contributed by atoms with Gasteiger partial charge in [0, 0.05) is 17.8 Å². The second kappa shape index (κ2) is 6.26. The SMILES string of the molecule is CC(C)(C)NC(=O)Nc1ccc(OCCN)cc1. The lowest BCUT2D eigenvalue weighted by atomic mass is 10.1. The lowest BCUT2D eigenvalue weighted by Crippen LogP contribution is -2.43. The molecule has 0 saturated carbocycles. The zero-order valence-electron chi connectivity index (χ0n) is 11.1. The highest BCUT2D eigenvalue weighted by atomic mass is 16.5. The molecule has 4 N–H and O–H groups in total. The number of benzene rings is 1. The number of ether oxygens (including phenoxy) is 1. The maximum Gasteiger partial charge on any atom is 0.319 e. The largest absolute Gasteiger partial charge is 0.492 e. The summed E-state index contributed by atoms with van der Waals surface area (Å²) in [7, 11) is 0. The van der Waals surface area contributed by atoms with E-state index in [0.29, 0.717) is 13.2 Å². The van der Waals surface area contributed by atoms with E-state index in [2.05, 4.69) is 10.6 Å². The van der Waals surface area contributed by atoms with Gasteiger partial charge >= 0.3 is 6.03 Å². The molecule has 0 bridgehead atoms. The van der Waals surface area contributed by atoms with Gasteiger partial charge in [-0.05, 0) is 45.0 Å².